The summed E-state index contributed by atoms with van der Waals surface area (Å²) in [7, 11) is 1.75. The maximum Gasteiger partial charge on any atom is 0.255 e. The zero-order valence-electron chi connectivity index (χ0n) is 10.7. The molecule has 2 rings (SSSR count). The van der Waals surface area contributed by atoms with Gasteiger partial charge in [-0.15, -0.1) is 0 Å². The predicted octanol–water partition coefficient (Wildman–Crippen LogP) is 2.96. The van der Waals surface area contributed by atoms with Gasteiger partial charge in [0.05, 0.1) is 16.6 Å². The monoisotopic (exact) mass is 275 g/mol. The van der Waals surface area contributed by atoms with Crippen LogP contribution in [0.4, 0.5) is 0 Å². The minimum atomic E-state index is -0.128. The predicted molar refractivity (Wildman–Crippen MR) is 74.0 cm³/mol. The molecule has 1 unspecified atom stereocenters. The van der Waals surface area contributed by atoms with Crippen molar-refractivity contribution < 1.29 is 4.79 Å². The van der Waals surface area contributed by atoms with Crippen LogP contribution in [0.25, 0.3) is 0 Å². The quantitative estimate of drug-likeness (QED) is 0.865. The molecule has 0 bridgehead atoms. The molecule has 2 aromatic heterocycles. The number of hydrogen-bond donors (Lipinski definition) is 0. The Morgan fingerprint density at radius 3 is 2.47 bits per heavy atom. The Morgan fingerprint density at radius 1 is 1.21 bits per heavy atom. The fourth-order valence-electron chi connectivity index (χ4n) is 1.78. The molecule has 0 saturated carbocycles. The highest BCUT2D eigenvalue weighted by molar-refractivity contribution is 6.33. The first-order valence-corrected chi connectivity index (χ1v) is 6.25. The number of amides is 1. The van der Waals surface area contributed by atoms with Gasteiger partial charge >= 0.3 is 0 Å². The normalized spacial score (nSPS) is 11.9. The third-order valence-corrected chi connectivity index (χ3v) is 3.39. The van der Waals surface area contributed by atoms with Crippen molar-refractivity contribution in [2.45, 2.75) is 13.0 Å². The van der Waals surface area contributed by atoms with Gasteiger partial charge in [-0.2, -0.15) is 0 Å². The second-order valence-corrected chi connectivity index (χ2v) is 4.64. The summed E-state index contributed by atoms with van der Waals surface area (Å²) in [6, 6.07) is 5.35. The lowest BCUT2D eigenvalue weighted by molar-refractivity contribution is 0.0742. The van der Waals surface area contributed by atoms with Crippen molar-refractivity contribution in [3.8, 4) is 0 Å². The van der Waals surface area contributed by atoms with Gasteiger partial charge in [-0.25, -0.2) is 0 Å². The molecule has 0 spiro atoms. The first-order chi connectivity index (χ1) is 9.11. The molecule has 2 heterocycles. The van der Waals surface area contributed by atoms with Crippen LogP contribution < -0.4 is 0 Å². The molecule has 5 heteroatoms. The second-order valence-electron chi connectivity index (χ2n) is 4.23. The summed E-state index contributed by atoms with van der Waals surface area (Å²) in [5.74, 6) is -0.128. The van der Waals surface area contributed by atoms with Crippen LogP contribution in [0.1, 0.15) is 28.9 Å². The Labute approximate surface area is 117 Å². The molecule has 0 aromatic carbocycles. The SMILES string of the molecule is CC(c1ccncc1)N(C)C(=O)c1ccncc1Cl. The molecular formula is C14H14ClN3O. The van der Waals surface area contributed by atoms with Crippen molar-refractivity contribution in [1.29, 1.82) is 0 Å². The second kappa shape index (κ2) is 5.80. The van der Waals surface area contributed by atoms with Gasteiger partial charge < -0.3 is 4.90 Å². The first kappa shape index (κ1) is 13.5. The Hall–Kier alpha value is -1.94. The number of rotatable bonds is 3. The number of pyridine rings is 2. The largest absolute Gasteiger partial charge is 0.335 e. The average Bonchev–Trinajstić information content (AvgIpc) is 2.46. The van der Waals surface area contributed by atoms with E-state index in [2.05, 4.69) is 9.97 Å². The molecule has 0 N–H and O–H groups in total. The summed E-state index contributed by atoms with van der Waals surface area (Å²) in [6.45, 7) is 1.96. The minimum absolute atomic E-state index is 0.0558. The number of halogens is 1. The topological polar surface area (TPSA) is 46.1 Å². The maximum atomic E-state index is 12.4. The van der Waals surface area contributed by atoms with E-state index in [0.717, 1.165) is 5.56 Å². The van der Waals surface area contributed by atoms with Crippen LogP contribution in [0.3, 0.4) is 0 Å². The van der Waals surface area contributed by atoms with Gasteiger partial charge in [0.15, 0.2) is 0 Å². The van der Waals surface area contributed by atoms with Crippen molar-refractivity contribution in [2.75, 3.05) is 7.05 Å². The van der Waals surface area contributed by atoms with E-state index in [1.807, 2.05) is 19.1 Å². The van der Waals surface area contributed by atoms with Gasteiger partial charge in [-0.3, -0.25) is 14.8 Å². The molecule has 0 aliphatic rings. The van der Waals surface area contributed by atoms with E-state index in [9.17, 15) is 4.79 Å². The van der Waals surface area contributed by atoms with Gasteiger partial charge in [0.1, 0.15) is 0 Å². The minimum Gasteiger partial charge on any atom is -0.335 e. The third-order valence-electron chi connectivity index (χ3n) is 3.09. The molecule has 4 nitrogen and oxygen atoms in total. The standard InChI is InChI=1S/C14H14ClN3O/c1-10(11-3-6-16-7-4-11)18(2)14(19)12-5-8-17-9-13(12)15/h3-10H,1-2H3. The van der Waals surface area contributed by atoms with Crippen LogP contribution in [-0.4, -0.2) is 27.8 Å². The van der Waals surface area contributed by atoms with Crippen LogP contribution >= 0.6 is 11.6 Å². The summed E-state index contributed by atoms with van der Waals surface area (Å²) in [6.07, 6.45) is 6.46. The van der Waals surface area contributed by atoms with Crippen molar-refractivity contribution in [1.82, 2.24) is 14.9 Å². The van der Waals surface area contributed by atoms with Gasteiger partial charge in [0.25, 0.3) is 5.91 Å². The molecule has 2 aromatic rings. The number of carbonyl (C=O) groups is 1. The molecule has 1 atom stereocenters. The van der Waals surface area contributed by atoms with Crippen molar-refractivity contribution in [3.05, 3.63) is 59.1 Å². The fraction of sp³-hybridized carbons (Fsp3) is 0.214. The Balaban J connectivity index is 2.23. The number of carbonyl (C=O) groups excluding carboxylic acids is 1. The summed E-state index contributed by atoms with van der Waals surface area (Å²) >= 11 is 5.99. The lowest BCUT2D eigenvalue weighted by Gasteiger charge is -2.25. The van der Waals surface area contributed by atoms with Crippen molar-refractivity contribution in [2.24, 2.45) is 0 Å². The molecule has 1 amide bonds. The van der Waals surface area contributed by atoms with E-state index in [4.69, 9.17) is 11.6 Å². The zero-order chi connectivity index (χ0) is 13.8. The first-order valence-electron chi connectivity index (χ1n) is 5.88. The Bertz CT molecular complexity index is 574. The summed E-state index contributed by atoms with van der Waals surface area (Å²) in [5.41, 5.74) is 1.48. The van der Waals surface area contributed by atoms with Crippen molar-refractivity contribution in [3.63, 3.8) is 0 Å². The van der Waals surface area contributed by atoms with E-state index >= 15 is 0 Å². The molecule has 98 valence electrons. The van der Waals surface area contributed by atoms with E-state index in [1.165, 1.54) is 6.20 Å². The van der Waals surface area contributed by atoms with Gasteiger partial charge in [0, 0.05) is 31.8 Å². The zero-order valence-corrected chi connectivity index (χ0v) is 11.5. The van der Waals surface area contributed by atoms with Crippen LogP contribution in [-0.2, 0) is 0 Å². The summed E-state index contributed by atoms with van der Waals surface area (Å²) < 4.78 is 0. The Kier molecular flexibility index (Phi) is 4.12. The number of nitrogens with zero attached hydrogens (tertiary/aromatic N) is 3. The van der Waals surface area contributed by atoms with Gasteiger partial charge in [-0.1, -0.05) is 11.6 Å². The van der Waals surface area contributed by atoms with Gasteiger partial charge in [-0.05, 0) is 30.7 Å². The van der Waals surface area contributed by atoms with Crippen LogP contribution in [0, 0.1) is 0 Å². The average molecular weight is 276 g/mol. The smallest absolute Gasteiger partial charge is 0.255 e. The molecule has 0 fully saturated rings. The van der Waals surface area contributed by atoms with E-state index in [0.29, 0.717) is 10.6 Å². The third kappa shape index (κ3) is 2.90. The van der Waals surface area contributed by atoms with E-state index in [-0.39, 0.29) is 11.9 Å². The van der Waals surface area contributed by atoms with Crippen LogP contribution in [0.15, 0.2) is 43.0 Å². The molecule has 0 aliphatic heterocycles. The van der Waals surface area contributed by atoms with Crippen LogP contribution in [0.2, 0.25) is 5.02 Å². The molecule has 19 heavy (non-hydrogen) atoms. The lowest BCUT2D eigenvalue weighted by Crippen LogP contribution is -2.29. The highest BCUT2D eigenvalue weighted by atomic mass is 35.5. The highest BCUT2D eigenvalue weighted by Crippen LogP contribution is 2.22. The molecule has 0 aliphatic carbocycles. The lowest BCUT2D eigenvalue weighted by atomic mass is 10.1. The Morgan fingerprint density at radius 2 is 1.84 bits per heavy atom. The van der Waals surface area contributed by atoms with Crippen LogP contribution in [0.5, 0.6) is 0 Å². The molecule has 0 saturated heterocycles. The fourth-order valence-corrected chi connectivity index (χ4v) is 1.98. The maximum absolute atomic E-state index is 12.4. The van der Waals surface area contributed by atoms with Gasteiger partial charge in [0.2, 0.25) is 0 Å². The van der Waals surface area contributed by atoms with E-state index < -0.39 is 0 Å². The van der Waals surface area contributed by atoms with E-state index in [1.54, 1.807) is 36.6 Å². The van der Waals surface area contributed by atoms with Crippen molar-refractivity contribution >= 4 is 17.5 Å². The number of hydrogen-bond acceptors (Lipinski definition) is 3. The highest BCUT2D eigenvalue weighted by Gasteiger charge is 2.20. The summed E-state index contributed by atoms with van der Waals surface area (Å²) in [5, 5.41) is 0.362. The molecule has 0 radical (unpaired) electrons. The number of aromatic nitrogens is 2. The molecular weight excluding hydrogens is 262 g/mol. The summed E-state index contributed by atoms with van der Waals surface area (Å²) in [4.78, 5) is 21.9.